The molecule has 1 atom stereocenters. The van der Waals surface area contributed by atoms with Gasteiger partial charge in [-0.25, -0.2) is 4.98 Å². The number of nitrogens with one attached hydrogen (secondary N) is 1. The lowest BCUT2D eigenvalue weighted by Crippen LogP contribution is -2.20. The number of halogens is 1. The quantitative estimate of drug-likeness (QED) is 0.750. The monoisotopic (exact) mass is 213 g/mol. The van der Waals surface area contributed by atoms with Crippen molar-refractivity contribution < 1.29 is 4.74 Å². The minimum Gasteiger partial charge on any atom is -0.459 e. The van der Waals surface area contributed by atoms with Crippen molar-refractivity contribution in [2.75, 3.05) is 13.1 Å². The van der Waals surface area contributed by atoms with Gasteiger partial charge in [-0.05, 0) is 19.9 Å². The van der Waals surface area contributed by atoms with E-state index >= 15 is 0 Å². The Balaban J connectivity index is 2.05. The summed E-state index contributed by atoms with van der Waals surface area (Å²) in [7, 11) is 0. The van der Waals surface area contributed by atoms with Crippen LogP contribution in [0.5, 0.6) is 6.01 Å². The van der Waals surface area contributed by atoms with Gasteiger partial charge in [0.15, 0.2) is 0 Å². The summed E-state index contributed by atoms with van der Waals surface area (Å²) in [6, 6.07) is 0.370. The minimum atomic E-state index is 0.175. The van der Waals surface area contributed by atoms with Gasteiger partial charge < -0.3 is 10.1 Å². The second-order valence-corrected chi connectivity index (χ2v) is 3.72. The molecule has 5 heteroatoms. The van der Waals surface area contributed by atoms with Crippen LogP contribution in [0.4, 0.5) is 0 Å². The van der Waals surface area contributed by atoms with Crippen molar-refractivity contribution in [3.63, 3.8) is 0 Å². The fourth-order valence-corrected chi connectivity index (χ4v) is 1.46. The fraction of sp³-hybridized carbons (Fsp3) is 0.556. The van der Waals surface area contributed by atoms with E-state index in [1.54, 1.807) is 6.20 Å². The van der Waals surface area contributed by atoms with Crippen LogP contribution in [0.1, 0.15) is 12.0 Å². The second kappa shape index (κ2) is 4.11. The molecule has 1 aliphatic rings. The summed E-state index contributed by atoms with van der Waals surface area (Å²) in [4.78, 5) is 8.10. The van der Waals surface area contributed by atoms with E-state index in [-0.39, 0.29) is 6.10 Å². The maximum Gasteiger partial charge on any atom is 0.318 e. The molecule has 0 amide bonds. The first-order chi connectivity index (χ1) is 6.75. The molecule has 76 valence electrons. The summed E-state index contributed by atoms with van der Waals surface area (Å²) in [6.45, 7) is 3.71. The lowest BCUT2D eigenvalue weighted by atomic mass is 10.3. The molecule has 4 nitrogen and oxygen atoms in total. The van der Waals surface area contributed by atoms with Crippen molar-refractivity contribution in [2.45, 2.75) is 19.4 Å². The molecule has 2 rings (SSSR count). The van der Waals surface area contributed by atoms with Crippen LogP contribution in [0.15, 0.2) is 6.20 Å². The third-order valence-corrected chi connectivity index (χ3v) is 2.56. The number of ether oxygens (including phenoxy) is 1. The number of aryl methyl sites for hydroxylation is 1. The molecule has 1 N–H and O–H groups in total. The minimum absolute atomic E-state index is 0.175. The van der Waals surface area contributed by atoms with Gasteiger partial charge in [0.1, 0.15) is 11.3 Å². The van der Waals surface area contributed by atoms with Gasteiger partial charge >= 0.3 is 6.01 Å². The molecule has 0 radical (unpaired) electrons. The second-order valence-electron chi connectivity index (χ2n) is 3.36. The highest BCUT2D eigenvalue weighted by atomic mass is 35.5. The molecule has 1 fully saturated rings. The Morgan fingerprint density at radius 2 is 2.50 bits per heavy atom. The maximum atomic E-state index is 5.85. The number of hydrogen-bond acceptors (Lipinski definition) is 4. The topological polar surface area (TPSA) is 47.0 Å². The molecular weight excluding hydrogens is 202 g/mol. The lowest BCUT2D eigenvalue weighted by molar-refractivity contribution is 0.204. The number of rotatable bonds is 2. The van der Waals surface area contributed by atoms with E-state index in [9.17, 15) is 0 Å². The Morgan fingerprint density at radius 3 is 3.14 bits per heavy atom. The summed E-state index contributed by atoms with van der Waals surface area (Å²) < 4.78 is 5.54. The summed E-state index contributed by atoms with van der Waals surface area (Å²) in [5.41, 5.74) is 0.864. The molecule has 1 aliphatic heterocycles. The van der Waals surface area contributed by atoms with Crippen LogP contribution in [0, 0.1) is 6.92 Å². The Bertz CT molecular complexity index is 326. The predicted molar refractivity (Wildman–Crippen MR) is 53.7 cm³/mol. The Morgan fingerprint density at radius 1 is 1.64 bits per heavy atom. The number of hydrogen-bond donors (Lipinski definition) is 1. The number of nitrogens with zero attached hydrogens (tertiary/aromatic N) is 2. The zero-order valence-electron chi connectivity index (χ0n) is 7.96. The fourth-order valence-electron chi connectivity index (χ4n) is 1.34. The summed E-state index contributed by atoms with van der Waals surface area (Å²) in [6.07, 6.45) is 2.84. The molecule has 0 aliphatic carbocycles. The molecule has 0 unspecified atom stereocenters. The smallest absolute Gasteiger partial charge is 0.318 e. The normalized spacial score (nSPS) is 21.1. The van der Waals surface area contributed by atoms with Crippen LogP contribution in [0.2, 0.25) is 5.15 Å². The van der Waals surface area contributed by atoms with Gasteiger partial charge in [0.05, 0.1) is 0 Å². The van der Waals surface area contributed by atoms with Crippen molar-refractivity contribution in [2.24, 2.45) is 0 Å². The van der Waals surface area contributed by atoms with Crippen molar-refractivity contribution in [1.29, 1.82) is 0 Å². The van der Waals surface area contributed by atoms with Gasteiger partial charge in [-0.15, -0.1) is 0 Å². The molecular formula is C9H12ClN3O. The van der Waals surface area contributed by atoms with Gasteiger partial charge in [-0.3, -0.25) is 0 Å². The van der Waals surface area contributed by atoms with Gasteiger partial charge in [-0.1, -0.05) is 11.6 Å². The third-order valence-electron chi connectivity index (χ3n) is 2.18. The van der Waals surface area contributed by atoms with Crippen LogP contribution >= 0.6 is 11.6 Å². The molecule has 0 spiro atoms. The van der Waals surface area contributed by atoms with Gasteiger partial charge in [0.25, 0.3) is 0 Å². The highest BCUT2D eigenvalue weighted by Crippen LogP contribution is 2.15. The zero-order chi connectivity index (χ0) is 9.97. The van der Waals surface area contributed by atoms with E-state index in [0.717, 1.165) is 25.1 Å². The molecule has 1 saturated heterocycles. The average molecular weight is 214 g/mol. The molecule has 0 aromatic carbocycles. The van der Waals surface area contributed by atoms with Crippen molar-refractivity contribution in [3.8, 4) is 6.01 Å². The molecule has 1 aromatic heterocycles. The van der Waals surface area contributed by atoms with Gasteiger partial charge in [0.2, 0.25) is 0 Å². The van der Waals surface area contributed by atoms with Crippen molar-refractivity contribution >= 4 is 11.6 Å². The first-order valence-corrected chi connectivity index (χ1v) is 5.00. The summed E-state index contributed by atoms with van der Waals surface area (Å²) in [5, 5.41) is 3.66. The van der Waals surface area contributed by atoms with E-state index in [4.69, 9.17) is 16.3 Å². The third kappa shape index (κ3) is 2.13. The highest BCUT2D eigenvalue weighted by molar-refractivity contribution is 6.30. The van der Waals surface area contributed by atoms with E-state index in [2.05, 4.69) is 15.3 Å². The van der Waals surface area contributed by atoms with E-state index in [1.807, 2.05) is 6.92 Å². The molecule has 2 heterocycles. The van der Waals surface area contributed by atoms with Gasteiger partial charge in [0, 0.05) is 18.3 Å². The molecule has 0 saturated carbocycles. The molecule has 1 aromatic rings. The van der Waals surface area contributed by atoms with E-state index in [1.165, 1.54) is 0 Å². The van der Waals surface area contributed by atoms with Crippen LogP contribution in [-0.4, -0.2) is 29.2 Å². The van der Waals surface area contributed by atoms with Crippen molar-refractivity contribution in [1.82, 2.24) is 15.3 Å². The average Bonchev–Trinajstić information content (AvgIpc) is 2.64. The highest BCUT2D eigenvalue weighted by Gasteiger charge is 2.17. The Kier molecular flexibility index (Phi) is 2.84. The van der Waals surface area contributed by atoms with Crippen LogP contribution in [0.3, 0.4) is 0 Å². The predicted octanol–water partition coefficient (Wildman–Crippen LogP) is 1.18. The Labute approximate surface area is 87.7 Å². The largest absolute Gasteiger partial charge is 0.459 e. The molecule has 0 bridgehead atoms. The van der Waals surface area contributed by atoms with E-state index < -0.39 is 0 Å². The first kappa shape index (κ1) is 9.68. The standard InChI is InChI=1S/C9H12ClN3O/c1-6-4-12-9(13-8(6)10)14-7-2-3-11-5-7/h4,7,11H,2-3,5H2,1H3/t7-/m1/s1. The van der Waals surface area contributed by atoms with Gasteiger partial charge in [-0.2, -0.15) is 4.98 Å². The number of aromatic nitrogens is 2. The maximum absolute atomic E-state index is 5.85. The van der Waals surface area contributed by atoms with E-state index in [0.29, 0.717) is 11.2 Å². The van der Waals surface area contributed by atoms with Crippen LogP contribution in [-0.2, 0) is 0 Å². The van der Waals surface area contributed by atoms with Crippen molar-refractivity contribution in [3.05, 3.63) is 16.9 Å². The SMILES string of the molecule is Cc1cnc(O[C@@H]2CCNC2)nc1Cl. The van der Waals surface area contributed by atoms with Crippen LogP contribution < -0.4 is 10.1 Å². The first-order valence-electron chi connectivity index (χ1n) is 4.62. The zero-order valence-corrected chi connectivity index (χ0v) is 8.71. The molecule has 14 heavy (non-hydrogen) atoms. The summed E-state index contributed by atoms with van der Waals surface area (Å²) >= 11 is 5.85. The Hall–Kier alpha value is -0.870. The summed E-state index contributed by atoms with van der Waals surface area (Å²) in [5.74, 6) is 0. The lowest BCUT2D eigenvalue weighted by Gasteiger charge is -2.10. The van der Waals surface area contributed by atoms with Crippen LogP contribution in [0.25, 0.3) is 0 Å².